The van der Waals surface area contributed by atoms with Crippen molar-refractivity contribution >= 4 is 29.1 Å². The van der Waals surface area contributed by atoms with Crippen LogP contribution in [0.15, 0.2) is 54.6 Å². The van der Waals surface area contributed by atoms with E-state index in [0.29, 0.717) is 5.92 Å². The van der Waals surface area contributed by atoms with Gasteiger partial charge in [0.1, 0.15) is 0 Å². The number of benzene rings is 3. The molecule has 0 aliphatic carbocycles. The summed E-state index contributed by atoms with van der Waals surface area (Å²) >= 11 is -3.27. The molecule has 0 N–H and O–H groups in total. The standard InChI is InChI=1S/3C8H9.C4H9.Sn/c3*1-7-3-5-8(2)6-4-7;1-4(2)3;/h3*3-5H,1-2H3;4H,1H2,2-3H3;. The Morgan fingerprint density at radius 1 is 0.552 bits per heavy atom. The molecule has 3 rings (SSSR count). The number of rotatable bonds is 5. The third-order valence-electron chi connectivity index (χ3n) is 6.27. The molecule has 0 spiro atoms. The van der Waals surface area contributed by atoms with Crippen LogP contribution in [0.3, 0.4) is 0 Å². The molecule has 0 saturated heterocycles. The Kier molecular flexibility index (Phi) is 6.63. The van der Waals surface area contributed by atoms with Crippen LogP contribution >= 0.6 is 0 Å². The van der Waals surface area contributed by atoms with Gasteiger partial charge in [0.2, 0.25) is 0 Å². The van der Waals surface area contributed by atoms with Crippen molar-refractivity contribution in [2.45, 2.75) is 59.8 Å². The van der Waals surface area contributed by atoms with E-state index in [2.05, 4.69) is 110 Å². The molecule has 0 aromatic heterocycles. The zero-order chi connectivity index (χ0) is 21.3. The maximum atomic E-state index is 2.53. The van der Waals surface area contributed by atoms with Crippen molar-refractivity contribution in [1.29, 1.82) is 0 Å². The quantitative estimate of drug-likeness (QED) is 0.404. The molecule has 0 nitrogen and oxygen atoms in total. The van der Waals surface area contributed by atoms with E-state index < -0.39 is 18.4 Å². The molecular weight excluding hydrogens is 455 g/mol. The van der Waals surface area contributed by atoms with Crippen LogP contribution < -0.4 is 10.7 Å². The van der Waals surface area contributed by atoms with Gasteiger partial charge in [-0.2, -0.15) is 0 Å². The van der Waals surface area contributed by atoms with Gasteiger partial charge in [0.15, 0.2) is 0 Å². The predicted molar refractivity (Wildman–Crippen MR) is 132 cm³/mol. The molecule has 29 heavy (non-hydrogen) atoms. The van der Waals surface area contributed by atoms with Crippen LogP contribution in [-0.4, -0.2) is 18.4 Å². The summed E-state index contributed by atoms with van der Waals surface area (Å²) in [7, 11) is 0. The molecule has 152 valence electrons. The van der Waals surface area contributed by atoms with E-state index in [9.17, 15) is 0 Å². The van der Waals surface area contributed by atoms with Crippen LogP contribution in [-0.2, 0) is 0 Å². The van der Waals surface area contributed by atoms with E-state index in [-0.39, 0.29) is 0 Å². The van der Waals surface area contributed by atoms with Crippen molar-refractivity contribution in [3.8, 4) is 0 Å². The van der Waals surface area contributed by atoms with Crippen molar-refractivity contribution < 1.29 is 0 Å². The van der Waals surface area contributed by atoms with Gasteiger partial charge in [0, 0.05) is 0 Å². The minimum absolute atomic E-state index is 0.658. The second-order valence-corrected chi connectivity index (χ2v) is 20.4. The van der Waals surface area contributed by atoms with E-state index in [4.69, 9.17) is 0 Å². The third-order valence-corrected chi connectivity index (χ3v) is 22.8. The summed E-state index contributed by atoms with van der Waals surface area (Å²) in [4.78, 5) is 0. The van der Waals surface area contributed by atoms with Gasteiger partial charge >= 0.3 is 183 Å². The summed E-state index contributed by atoms with van der Waals surface area (Å²) in [6.07, 6.45) is 0. The molecule has 0 unspecified atom stereocenters. The van der Waals surface area contributed by atoms with E-state index in [0.717, 1.165) is 0 Å². The molecule has 0 bridgehead atoms. The first-order chi connectivity index (χ1) is 13.6. The molecule has 0 radical (unpaired) electrons. The number of hydrogen-bond donors (Lipinski definition) is 0. The molecule has 1 heteroatoms. The van der Waals surface area contributed by atoms with Gasteiger partial charge < -0.3 is 0 Å². The van der Waals surface area contributed by atoms with E-state index in [1.165, 1.54) is 37.8 Å². The Balaban J connectivity index is 2.54. The summed E-state index contributed by atoms with van der Waals surface area (Å²) in [5, 5.41) is 0. The summed E-state index contributed by atoms with van der Waals surface area (Å²) in [6.45, 7) is 18.6. The number of hydrogen-bond acceptors (Lipinski definition) is 0. The summed E-state index contributed by atoms with van der Waals surface area (Å²) in [5.74, 6) is 0.658. The average molecular weight is 491 g/mol. The first kappa shape index (κ1) is 22.2. The van der Waals surface area contributed by atoms with E-state index >= 15 is 0 Å². The van der Waals surface area contributed by atoms with Gasteiger partial charge in [-0.25, -0.2) is 0 Å². The molecule has 0 aliphatic heterocycles. The second kappa shape index (κ2) is 8.68. The fraction of sp³-hybridized carbons (Fsp3) is 0.357. The van der Waals surface area contributed by atoms with Crippen LogP contribution in [0.1, 0.15) is 47.2 Å². The fourth-order valence-corrected chi connectivity index (χ4v) is 23.4. The van der Waals surface area contributed by atoms with Gasteiger partial charge in [-0.05, 0) is 0 Å². The van der Waals surface area contributed by atoms with Gasteiger partial charge in [0.25, 0.3) is 0 Å². The van der Waals surface area contributed by atoms with E-state index in [1.807, 2.05) is 0 Å². The van der Waals surface area contributed by atoms with Crippen molar-refractivity contribution in [2.75, 3.05) is 0 Å². The Morgan fingerprint density at radius 3 is 1.14 bits per heavy atom. The van der Waals surface area contributed by atoms with Crippen molar-refractivity contribution in [2.24, 2.45) is 5.92 Å². The molecule has 0 atom stereocenters. The number of aryl methyl sites for hydroxylation is 6. The molecular formula is C28H36Sn. The fourth-order valence-electron chi connectivity index (χ4n) is 4.96. The van der Waals surface area contributed by atoms with Crippen LogP contribution in [0.2, 0.25) is 4.44 Å². The first-order valence-corrected chi connectivity index (χ1v) is 17.2. The summed E-state index contributed by atoms with van der Waals surface area (Å²) in [5.41, 5.74) is 8.54. The summed E-state index contributed by atoms with van der Waals surface area (Å²) in [6, 6.07) is 21.5. The van der Waals surface area contributed by atoms with E-state index in [1.54, 1.807) is 10.7 Å². The SMILES string of the molecule is Cc1ccc(C)[c]([Sn]([CH2]C(C)C)([c]2cc(C)ccc2C)[c]2cc(C)ccc2C)c1. The van der Waals surface area contributed by atoms with Crippen LogP contribution in [0.4, 0.5) is 0 Å². The van der Waals surface area contributed by atoms with Crippen molar-refractivity contribution in [3.63, 3.8) is 0 Å². The van der Waals surface area contributed by atoms with Crippen LogP contribution in [0.5, 0.6) is 0 Å². The Morgan fingerprint density at radius 2 is 0.862 bits per heavy atom. The van der Waals surface area contributed by atoms with Gasteiger partial charge in [-0.3, -0.25) is 0 Å². The van der Waals surface area contributed by atoms with Gasteiger partial charge in [-0.15, -0.1) is 0 Å². The molecule has 0 aliphatic rings. The third kappa shape index (κ3) is 4.33. The van der Waals surface area contributed by atoms with Gasteiger partial charge in [0.05, 0.1) is 0 Å². The van der Waals surface area contributed by atoms with Crippen LogP contribution in [0.25, 0.3) is 0 Å². The molecule has 0 amide bonds. The van der Waals surface area contributed by atoms with Crippen molar-refractivity contribution in [3.05, 3.63) is 88.0 Å². The second-order valence-electron chi connectivity index (χ2n) is 9.46. The Labute approximate surface area is 182 Å². The first-order valence-electron chi connectivity index (χ1n) is 10.9. The van der Waals surface area contributed by atoms with Gasteiger partial charge in [-0.1, -0.05) is 0 Å². The molecule has 3 aromatic rings. The zero-order valence-corrected chi connectivity index (χ0v) is 22.3. The minimum atomic E-state index is -3.27. The molecule has 0 saturated carbocycles. The van der Waals surface area contributed by atoms with Crippen molar-refractivity contribution in [1.82, 2.24) is 0 Å². The molecule has 3 aromatic carbocycles. The van der Waals surface area contributed by atoms with Crippen LogP contribution in [0, 0.1) is 47.5 Å². The average Bonchev–Trinajstić information content (AvgIpc) is 2.66. The Hall–Kier alpha value is -1.54. The topological polar surface area (TPSA) is 0 Å². The molecule has 0 fully saturated rings. The Bertz CT molecular complexity index is 901. The normalized spacial score (nSPS) is 11.9. The molecule has 0 heterocycles. The zero-order valence-electron chi connectivity index (χ0n) is 19.5. The summed E-state index contributed by atoms with van der Waals surface area (Å²) < 4.78 is 6.29. The maximum absolute atomic E-state index is 3.27. The predicted octanol–water partition coefficient (Wildman–Crippen LogP) is 5.66. The monoisotopic (exact) mass is 492 g/mol.